The summed E-state index contributed by atoms with van der Waals surface area (Å²) in [6.07, 6.45) is 2.58. The van der Waals surface area contributed by atoms with Crippen molar-refractivity contribution in [3.63, 3.8) is 0 Å². The zero-order chi connectivity index (χ0) is 19.2. The van der Waals surface area contributed by atoms with Crippen LogP contribution in [-0.4, -0.2) is 24.2 Å². The van der Waals surface area contributed by atoms with Gasteiger partial charge in [0.15, 0.2) is 0 Å². The summed E-state index contributed by atoms with van der Waals surface area (Å²) in [5.74, 6) is 0.198. The van der Waals surface area contributed by atoms with Crippen LogP contribution in [0.1, 0.15) is 51.7 Å². The molecule has 0 aliphatic carbocycles. The summed E-state index contributed by atoms with van der Waals surface area (Å²) in [7, 11) is 1.39. The van der Waals surface area contributed by atoms with E-state index in [2.05, 4.69) is 39.6 Å². The van der Waals surface area contributed by atoms with E-state index < -0.39 is 6.04 Å². The number of hydrogen-bond acceptors (Lipinski definition) is 4. The number of carbonyl (C=O) groups excluding carboxylic acids is 1. The van der Waals surface area contributed by atoms with Crippen LogP contribution < -0.4 is 5.32 Å². The lowest BCUT2D eigenvalue weighted by Crippen LogP contribution is -2.40. The fourth-order valence-electron chi connectivity index (χ4n) is 2.88. The summed E-state index contributed by atoms with van der Waals surface area (Å²) < 4.78 is 4.95. The molecule has 1 rings (SSSR count). The maximum atomic E-state index is 12.2. The van der Waals surface area contributed by atoms with Crippen molar-refractivity contribution in [1.82, 2.24) is 5.32 Å². The van der Waals surface area contributed by atoms with Gasteiger partial charge in [-0.15, -0.1) is 0 Å². The summed E-state index contributed by atoms with van der Waals surface area (Å²) in [5, 5.41) is 12.9. The summed E-state index contributed by atoms with van der Waals surface area (Å²) >= 11 is 0. The van der Waals surface area contributed by atoms with Crippen molar-refractivity contribution >= 4 is 5.97 Å². The molecule has 0 spiro atoms. The second kappa shape index (κ2) is 8.93. The molecule has 2 atom stereocenters. The van der Waals surface area contributed by atoms with E-state index >= 15 is 0 Å². The minimum atomic E-state index is -0.492. The van der Waals surface area contributed by atoms with Crippen LogP contribution in [0, 0.1) is 18.3 Å². The Bertz CT molecular complexity index is 607. The predicted octanol–water partition coefficient (Wildman–Crippen LogP) is 4.35. The number of phenolic OH excluding ortho intramolecular Hbond substituents is 1. The van der Waals surface area contributed by atoms with E-state index in [9.17, 15) is 9.90 Å². The van der Waals surface area contributed by atoms with Crippen LogP contribution in [0.2, 0.25) is 0 Å². The van der Waals surface area contributed by atoms with Crippen molar-refractivity contribution in [2.24, 2.45) is 11.3 Å². The van der Waals surface area contributed by atoms with Crippen molar-refractivity contribution in [1.29, 1.82) is 0 Å². The largest absolute Gasteiger partial charge is 0.508 e. The fourth-order valence-corrected chi connectivity index (χ4v) is 2.88. The van der Waals surface area contributed by atoms with Gasteiger partial charge in [-0.05, 0) is 41.9 Å². The van der Waals surface area contributed by atoms with Gasteiger partial charge in [-0.25, -0.2) is 4.79 Å². The number of methoxy groups -OCH3 is 1. The van der Waals surface area contributed by atoms with Crippen LogP contribution >= 0.6 is 0 Å². The number of nitrogens with one attached hydrogen (secondary N) is 1. The number of allylic oxidation sites excluding steroid dienone is 1. The number of aromatic hydroxyl groups is 1. The predicted molar refractivity (Wildman–Crippen MR) is 102 cm³/mol. The molecule has 4 nitrogen and oxygen atoms in total. The maximum Gasteiger partial charge on any atom is 0.328 e. The summed E-state index contributed by atoms with van der Waals surface area (Å²) in [6.45, 7) is 14.8. The summed E-state index contributed by atoms with van der Waals surface area (Å²) in [4.78, 5) is 12.2. The number of carbonyl (C=O) groups is 1. The molecule has 1 aromatic carbocycles. The molecule has 0 amide bonds. The van der Waals surface area contributed by atoms with Crippen LogP contribution in [0.25, 0.3) is 0 Å². The molecule has 0 heterocycles. The molecule has 0 saturated heterocycles. The van der Waals surface area contributed by atoms with Crippen molar-refractivity contribution < 1.29 is 14.6 Å². The Morgan fingerprint density at radius 1 is 1.40 bits per heavy atom. The molecule has 2 unspecified atom stereocenters. The lowest BCUT2D eigenvalue weighted by molar-refractivity contribution is -0.142. The minimum absolute atomic E-state index is 0.235. The van der Waals surface area contributed by atoms with Crippen molar-refractivity contribution in [2.45, 2.75) is 59.9 Å². The lowest BCUT2D eigenvalue weighted by Gasteiger charge is -2.29. The smallest absolute Gasteiger partial charge is 0.328 e. The van der Waals surface area contributed by atoms with E-state index in [4.69, 9.17) is 4.74 Å². The zero-order valence-corrected chi connectivity index (χ0v) is 16.5. The Balaban J connectivity index is 2.83. The number of esters is 1. The average molecular weight is 347 g/mol. The number of phenols is 1. The number of ether oxygens (including phenoxy) is 1. The van der Waals surface area contributed by atoms with Crippen LogP contribution in [0.4, 0.5) is 0 Å². The molecule has 0 aliphatic rings. The molecule has 0 aliphatic heterocycles. The molecule has 1 aromatic rings. The van der Waals surface area contributed by atoms with Gasteiger partial charge < -0.3 is 15.2 Å². The Morgan fingerprint density at radius 3 is 2.56 bits per heavy atom. The highest BCUT2D eigenvalue weighted by molar-refractivity contribution is 5.76. The van der Waals surface area contributed by atoms with Crippen LogP contribution in [0.5, 0.6) is 5.75 Å². The highest BCUT2D eigenvalue weighted by atomic mass is 16.5. The van der Waals surface area contributed by atoms with E-state index in [0.717, 1.165) is 29.7 Å². The summed E-state index contributed by atoms with van der Waals surface area (Å²) in [5.41, 5.74) is 2.84. The standard InChI is InChI=1S/C21H33NO3/c1-8-21(5,6)13-15(3)16(4)22-18(20(24)25-7)12-17-9-10-19(23)14(2)11-17/h9-11,15,18,22-23H,4,8,12-13H2,1-3,5-7H3. The van der Waals surface area contributed by atoms with E-state index in [1.165, 1.54) is 7.11 Å². The molecule has 140 valence electrons. The molecule has 4 heteroatoms. The molecule has 0 aromatic heterocycles. The second-order valence-corrected chi connectivity index (χ2v) is 7.69. The van der Waals surface area contributed by atoms with Gasteiger partial charge in [-0.1, -0.05) is 52.8 Å². The summed E-state index contributed by atoms with van der Waals surface area (Å²) in [6, 6.07) is 4.87. The van der Waals surface area contributed by atoms with E-state index in [1.807, 2.05) is 19.1 Å². The monoisotopic (exact) mass is 347 g/mol. The van der Waals surface area contributed by atoms with E-state index in [-0.39, 0.29) is 23.1 Å². The van der Waals surface area contributed by atoms with Crippen LogP contribution in [0.15, 0.2) is 30.5 Å². The normalized spacial score (nSPS) is 13.8. The van der Waals surface area contributed by atoms with E-state index in [0.29, 0.717) is 6.42 Å². The molecule has 0 saturated carbocycles. The second-order valence-electron chi connectivity index (χ2n) is 7.69. The minimum Gasteiger partial charge on any atom is -0.508 e. The first-order chi connectivity index (χ1) is 11.6. The highest BCUT2D eigenvalue weighted by Gasteiger charge is 2.25. The third kappa shape index (κ3) is 6.45. The Labute approximate surface area is 152 Å². The van der Waals surface area contributed by atoms with Crippen LogP contribution in [-0.2, 0) is 16.0 Å². The van der Waals surface area contributed by atoms with Crippen LogP contribution in [0.3, 0.4) is 0 Å². The van der Waals surface area contributed by atoms with Gasteiger partial charge in [0.1, 0.15) is 11.8 Å². The van der Waals surface area contributed by atoms with Crippen molar-refractivity contribution in [3.05, 3.63) is 41.6 Å². The van der Waals surface area contributed by atoms with Gasteiger partial charge in [-0.2, -0.15) is 0 Å². The lowest BCUT2D eigenvalue weighted by atomic mass is 9.80. The number of benzene rings is 1. The first-order valence-electron chi connectivity index (χ1n) is 8.91. The Kier molecular flexibility index (Phi) is 7.53. The van der Waals surface area contributed by atoms with Gasteiger partial charge in [0.2, 0.25) is 0 Å². The molecule has 2 N–H and O–H groups in total. The molecule has 0 fully saturated rings. The van der Waals surface area contributed by atoms with Gasteiger partial charge in [0.05, 0.1) is 7.11 Å². The molecule has 0 radical (unpaired) electrons. The van der Waals surface area contributed by atoms with Gasteiger partial charge in [0.25, 0.3) is 0 Å². The molecular formula is C21H33NO3. The highest BCUT2D eigenvalue weighted by Crippen LogP contribution is 2.31. The van der Waals surface area contributed by atoms with Crippen molar-refractivity contribution in [2.75, 3.05) is 7.11 Å². The Morgan fingerprint density at radius 2 is 2.04 bits per heavy atom. The first kappa shape index (κ1) is 21.1. The fraction of sp³-hybridized carbons (Fsp3) is 0.571. The Hall–Kier alpha value is -1.97. The molecule has 25 heavy (non-hydrogen) atoms. The molecular weight excluding hydrogens is 314 g/mol. The average Bonchev–Trinajstić information content (AvgIpc) is 2.56. The third-order valence-corrected chi connectivity index (χ3v) is 4.96. The quantitative estimate of drug-likeness (QED) is 0.652. The number of rotatable bonds is 9. The zero-order valence-electron chi connectivity index (χ0n) is 16.5. The third-order valence-electron chi connectivity index (χ3n) is 4.96. The number of hydrogen-bond donors (Lipinski definition) is 2. The SMILES string of the molecule is C=C(NC(Cc1ccc(O)c(C)c1)C(=O)OC)C(C)CC(C)(C)CC. The maximum absolute atomic E-state index is 12.2. The van der Waals surface area contributed by atoms with Gasteiger partial charge >= 0.3 is 5.97 Å². The van der Waals surface area contributed by atoms with Gasteiger partial charge in [-0.3, -0.25) is 0 Å². The van der Waals surface area contributed by atoms with Crippen molar-refractivity contribution in [3.8, 4) is 5.75 Å². The number of aryl methyl sites for hydroxylation is 1. The topological polar surface area (TPSA) is 58.6 Å². The van der Waals surface area contributed by atoms with E-state index in [1.54, 1.807) is 6.07 Å². The first-order valence-corrected chi connectivity index (χ1v) is 8.91. The molecule has 0 bridgehead atoms. The van der Waals surface area contributed by atoms with Gasteiger partial charge in [0, 0.05) is 12.1 Å².